The predicted octanol–water partition coefficient (Wildman–Crippen LogP) is 7.55. The molecule has 0 spiro atoms. The quantitative estimate of drug-likeness (QED) is 0.281. The van der Waals surface area contributed by atoms with Crippen LogP contribution in [0.15, 0.2) is 72.9 Å². The van der Waals surface area contributed by atoms with E-state index in [4.69, 9.17) is 0 Å². The van der Waals surface area contributed by atoms with Crippen molar-refractivity contribution in [2.75, 3.05) is 0 Å². The summed E-state index contributed by atoms with van der Waals surface area (Å²) in [6.45, 7) is 6.68. The van der Waals surface area contributed by atoms with Gasteiger partial charge in [0.25, 0.3) is 0 Å². The van der Waals surface area contributed by atoms with E-state index in [2.05, 4.69) is 104 Å². The van der Waals surface area contributed by atoms with Gasteiger partial charge in [0.05, 0.1) is 0 Å². The van der Waals surface area contributed by atoms with Crippen molar-refractivity contribution in [3.8, 4) is 22.4 Å². The molecule has 0 radical (unpaired) electrons. The second kappa shape index (κ2) is 7.91. The molecule has 0 N–H and O–H groups in total. The molecule has 0 saturated carbocycles. The zero-order chi connectivity index (χ0) is 22.4. The molecular formula is C28H30FGeN. The van der Waals surface area contributed by atoms with Gasteiger partial charge >= 0.3 is 182 Å². The fraction of sp³-hybridized carbons (Fsp3) is 0.250. The van der Waals surface area contributed by atoms with Gasteiger partial charge in [-0.2, -0.15) is 0 Å². The number of hydrogen-bond donors (Lipinski definition) is 0. The van der Waals surface area contributed by atoms with Crippen LogP contribution in [-0.4, -0.2) is 18.3 Å². The van der Waals surface area contributed by atoms with Crippen LogP contribution in [0.4, 0.5) is 4.39 Å². The Morgan fingerprint density at radius 2 is 1.48 bits per heavy atom. The Hall–Kier alpha value is -2.46. The Morgan fingerprint density at radius 1 is 0.806 bits per heavy atom. The SMILES string of the molecule is CC(C)(C)c1cc(-c2cc(-c3cc[c]([Ge]([CH3])([CH3])[CH3])cc3)c(F)cn2)cc2ccccc12. The third kappa shape index (κ3) is 4.45. The summed E-state index contributed by atoms with van der Waals surface area (Å²) >= 11 is -1.90. The summed E-state index contributed by atoms with van der Waals surface area (Å²) in [5.74, 6) is 6.82. The van der Waals surface area contributed by atoms with Gasteiger partial charge in [-0.05, 0) is 0 Å². The number of rotatable bonds is 3. The standard InChI is InChI=1S/C28H30FGeN/c1-28(2,3)25-16-21(15-20-9-7-8-10-23(20)25)27-17-24(26(29)18-31-27)19-11-13-22(14-12-19)30(4,5)6/h7-18H,1-6H3. The molecule has 0 atom stereocenters. The van der Waals surface area contributed by atoms with Gasteiger partial charge in [0.1, 0.15) is 0 Å². The predicted molar refractivity (Wildman–Crippen MR) is 134 cm³/mol. The van der Waals surface area contributed by atoms with Crippen LogP contribution in [0.5, 0.6) is 0 Å². The summed E-state index contributed by atoms with van der Waals surface area (Å²) in [5.41, 5.74) is 4.58. The third-order valence-corrected chi connectivity index (χ3v) is 10.2. The Balaban J connectivity index is 1.85. The van der Waals surface area contributed by atoms with Crippen molar-refractivity contribution in [3.63, 3.8) is 0 Å². The zero-order valence-electron chi connectivity index (χ0n) is 19.3. The topological polar surface area (TPSA) is 12.9 Å². The molecule has 3 heteroatoms. The van der Waals surface area contributed by atoms with E-state index in [0.717, 1.165) is 16.8 Å². The van der Waals surface area contributed by atoms with Crippen molar-refractivity contribution in [2.24, 2.45) is 0 Å². The van der Waals surface area contributed by atoms with Crippen LogP contribution in [0.1, 0.15) is 26.3 Å². The van der Waals surface area contributed by atoms with Gasteiger partial charge in [-0.25, -0.2) is 0 Å². The monoisotopic (exact) mass is 473 g/mol. The van der Waals surface area contributed by atoms with Gasteiger partial charge in [-0.3, -0.25) is 0 Å². The molecule has 4 aromatic rings. The summed E-state index contributed by atoms with van der Waals surface area (Å²) in [7, 11) is 0. The summed E-state index contributed by atoms with van der Waals surface area (Å²) in [6.07, 6.45) is 1.35. The second-order valence-corrected chi connectivity index (χ2v) is 21.0. The number of hydrogen-bond acceptors (Lipinski definition) is 1. The average molecular weight is 472 g/mol. The molecule has 31 heavy (non-hydrogen) atoms. The first-order valence-electron chi connectivity index (χ1n) is 10.8. The number of benzene rings is 3. The Kier molecular flexibility index (Phi) is 5.55. The molecule has 1 aromatic heterocycles. The summed E-state index contributed by atoms with van der Waals surface area (Å²) in [6, 6.07) is 23.1. The molecule has 0 unspecified atom stereocenters. The third-order valence-electron chi connectivity index (χ3n) is 5.88. The summed E-state index contributed by atoms with van der Waals surface area (Å²) in [5, 5.41) is 2.43. The van der Waals surface area contributed by atoms with Crippen LogP contribution in [0, 0.1) is 5.82 Å². The first kappa shape index (κ1) is 21.8. The van der Waals surface area contributed by atoms with Crippen molar-refractivity contribution in [3.05, 3.63) is 84.3 Å². The van der Waals surface area contributed by atoms with E-state index in [1.165, 1.54) is 26.9 Å². The molecule has 4 rings (SSSR count). The molecule has 0 aliphatic rings. The van der Waals surface area contributed by atoms with E-state index in [9.17, 15) is 4.39 Å². The number of aromatic nitrogens is 1. The van der Waals surface area contributed by atoms with E-state index in [1.54, 1.807) is 0 Å². The molecule has 0 fully saturated rings. The number of halogens is 1. The van der Waals surface area contributed by atoms with Crippen LogP contribution in [0.25, 0.3) is 33.2 Å². The van der Waals surface area contributed by atoms with E-state index < -0.39 is 13.3 Å². The Labute approximate surface area is 187 Å². The van der Waals surface area contributed by atoms with Crippen molar-refractivity contribution in [1.82, 2.24) is 4.98 Å². The van der Waals surface area contributed by atoms with Gasteiger partial charge in [-0.1, -0.05) is 6.07 Å². The average Bonchev–Trinajstić information content (AvgIpc) is 2.72. The maximum atomic E-state index is 14.8. The van der Waals surface area contributed by atoms with E-state index in [0.29, 0.717) is 5.56 Å². The number of pyridine rings is 1. The van der Waals surface area contributed by atoms with Gasteiger partial charge < -0.3 is 0 Å². The van der Waals surface area contributed by atoms with E-state index in [1.807, 2.05) is 6.07 Å². The molecule has 1 nitrogen and oxygen atoms in total. The van der Waals surface area contributed by atoms with E-state index >= 15 is 0 Å². The van der Waals surface area contributed by atoms with Gasteiger partial charge in [0, 0.05) is 0 Å². The molecule has 0 amide bonds. The fourth-order valence-electron chi connectivity index (χ4n) is 4.05. The van der Waals surface area contributed by atoms with Crippen LogP contribution in [-0.2, 0) is 5.41 Å². The van der Waals surface area contributed by atoms with Crippen LogP contribution in [0.2, 0.25) is 17.3 Å². The first-order chi connectivity index (χ1) is 14.5. The van der Waals surface area contributed by atoms with Gasteiger partial charge in [0.2, 0.25) is 0 Å². The molecule has 1 heterocycles. The summed E-state index contributed by atoms with van der Waals surface area (Å²) in [4.78, 5) is 4.46. The van der Waals surface area contributed by atoms with E-state index in [-0.39, 0.29) is 11.2 Å². The fourth-order valence-corrected chi connectivity index (χ4v) is 6.49. The van der Waals surface area contributed by atoms with Gasteiger partial charge in [-0.15, -0.1) is 0 Å². The molecule has 0 aliphatic heterocycles. The van der Waals surface area contributed by atoms with Gasteiger partial charge in [0.15, 0.2) is 0 Å². The van der Waals surface area contributed by atoms with Crippen LogP contribution < -0.4 is 4.40 Å². The molecule has 0 saturated heterocycles. The van der Waals surface area contributed by atoms with Crippen LogP contribution in [0.3, 0.4) is 0 Å². The van der Waals surface area contributed by atoms with Crippen molar-refractivity contribution in [2.45, 2.75) is 43.5 Å². The Morgan fingerprint density at radius 3 is 2.13 bits per heavy atom. The van der Waals surface area contributed by atoms with Crippen LogP contribution >= 0.6 is 0 Å². The molecule has 3 aromatic carbocycles. The minimum absolute atomic E-state index is 0.00743. The maximum absolute atomic E-state index is 14.8. The number of nitrogens with zero attached hydrogens (tertiary/aromatic N) is 1. The van der Waals surface area contributed by atoms with Crippen molar-refractivity contribution >= 4 is 28.4 Å². The first-order valence-corrected chi connectivity index (χ1v) is 18.2. The molecule has 0 bridgehead atoms. The normalized spacial score (nSPS) is 12.4. The minimum atomic E-state index is -1.90. The zero-order valence-corrected chi connectivity index (χ0v) is 21.4. The molecular weight excluding hydrogens is 442 g/mol. The molecule has 158 valence electrons. The summed E-state index contributed by atoms with van der Waals surface area (Å²) < 4.78 is 16.2. The Bertz CT molecular complexity index is 1240. The van der Waals surface area contributed by atoms with Crippen molar-refractivity contribution < 1.29 is 4.39 Å². The molecule has 0 aliphatic carbocycles. The second-order valence-electron chi connectivity index (χ2n) is 10.4. The number of fused-ring (bicyclic) bond motifs is 1. The van der Waals surface area contributed by atoms with Crippen molar-refractivity contribution in [1.29, 1.82) is 0 Å².